The van der Waals surface area contributed by atoms with Gasteiger partial charge in [0.25, 0.3) is 0 Å². The van der Waals surface area contributed by atoms with Crippen molar-refractivity contribution < 1.29 is 33.1 Å². The largest absolute Gasteiger partial charge is 0.508 e. The van der Waals surface area contributed by atoms with Crippen molar-refractivity contribution in [2.45, 2.75) is 6.92 Å². The minimum Gasteiger partial charge on any atom is -0.460 e. The third kappa shape index (κ3) is 6.49. The molecule has 0 heterocycles. The molecule has 0 aliphatic rings. The highest BCUT2D eigenvalue weighted by Crippen LogP contribution is 2.43. The van der Waals surface area contributed by atoms with Crippen LogP contribution in [0.15, 0.2) is 42.5 Å². The molecule has 1 aromatic carbocycles. The maximum absolute atomic E-state index is 11.4. The molecular formula is C12H15O7P. The average Bonchev–Trinajstić information content (AvgIpc) is 2.42. The van der Waals surface area contributed by atoms with Crippen LogP contribution in [0.5, 0.6) is 5.75 Å². The van der Waals surface area contributed by atoms with Gasteiger partial charge in [-0.3, -0.25) is 4.52 Å². The zero-order valence-electron chi connectivity index (χ0n) is 10.9. The topological polar surface area (TPSA) is 91.3 Å². The fourth-order valence-corrected chi connectivity index (χ4v) is 1.53. The zero-order chi connectivity index (χ0) is 15.0. The molecule has 110 valence electrons. The van der Waals surface area contributed by atoms with Gasteiger partial charge < -0.3 is 14.5 Å². The number of para-hydroxylation sites is 1. The molecule has 1 unspecified atom stereocenters. The van der Waals surface area contributed by atoms with Crippen molar-refractivity contribution >= 4 is 13.8 Å². The Morgan fingerprint density at radius 1 is 1.30 bits per heavy atom. The van der Waals surface area contributed by atoms with Gasteiger partial charge in [-0.2, -0.15) is 0 Å². The van der Waals surface area contributed by atoms with Crippen LogP contribution < -0.4 is 4.89 Å². The third-order valence-electron chi connectivity index (χ3n) is 1.89. The molecule has 0 fully saturated rings. The minimum atomic E-state index is -4.38. The van der Waals surface area contributed by atoms with E-state index in [0.717, 1.165) is 0 Å². The van der Waals surface area contributed by atoms with Gasteiger partial charge >= 0.3 is 13.8 Å². The van der Waals surface area contributed by atoms with Crippen molar-refractivity contribution in [3.8, 4) is 5.75 Å². The summed E-state index contributed by atoms with van der Waals surface area (Å²) in [7, 11) is -4.38. The van der Waals surface area contributed by atoms with Crippen LogP contribution in [0.3, 0.4) is 0 Å². The molecule has 0 bridgehead atoms. The second-order valence-corrected chi connectivity index (χ2v) is 5.03. The first-order chi connectivity index (χ1) is 9.41. The summed E-state index contributed by atoms with van der Waals surface area (Å²) in [6.45, 7) is 4.35. The second-order valence-electron chi connectivity index (χ2n) is 3.69. The summed E-state index contributed by atoms with van der Waals surface area (Å²) in [5, 5.41) is 0. The maximum atomic E-state index is 11.4. The molecule has 7 nitrogen and oxygen atoms in total. The minimum absolute atomic E-state index is 0.203. The Balaban J connectivity index is 2.26. The highest BCUT2D eigenvalue weighted by atomic mass is 31.2. The first-order valence-electron chi connectivity index (χ1n) is 5.62. The number of phosphoric acid groups is 1. The molecule has 0 saturated heterocycles. The lowest BCUT2D eigenvalue weighted by atomic mass is 10.3. The first kappa shape index (κ1) is 16.4. The molecule has 0 aliphatic carbocycles. The summed E-state index contributed by atoms with van der Waals surface area (Å²) >= 11 is 0. The molecule has 1 atom stereocenters. The smallest absolute Gasteiger partial charge is 0.460 e. The number of rotatable bonds is 8. The highest BCUT2D eigenvalue weighted by molar-refractivity contribution is 7.47. The molecule has 0 saturated carbocycles. The van der Waals surface area contributed by atoms with E-state index in [4.69, 9.17) is 0 Å². The number of hydrogen-bond acceptors (Lipinski definition) is 6. The van der Waals surface area contributed by atoms with Crippen molar-refractivity contribution in [3.63, 3.8) is 0 Å². The van der Waals surface area contributed by atoms with Gasteiger partial charge in [-0.1, -0.05) is 29.5 Å². The van der Waals surface area contributed by atoms with Crippen LogP contribution in [0.2, 0.25) is 0 Å². The lowest BCUT2D eigenvalue weighted by Crippen LogP contribution is -2.11. The predicted molar refractivity (Wildman–Crippen MR) is 69.7 cm³/mol. The Morgan fingerprint density at radius 2 is 1.95 bits per heavy atom. The number of benzene rings is 1. The number of carbonyl (C=O) groups is 1. The molecule has 0 amide bonds. The summed E-state index contributed by atoms with van der Waals surface area (Å²) in [6.07, 6.45) is 0. The Hall–Kier alpha value is -1.66. The quantitative estimate of drug-likeness (QED) is 0.197. The summed E-state index contributed by atoms with van der Waals surface area (Å²) in [4.78, 5) is 24.9. The van der Waals surface area contributed by atoms with Crippen LogP contribution in [0.1, 0.15) is 6.92 Å². The van der Waals surface area contributed by atoms with Gasteiger partial charge in [-0.25, -0.2) is 9.36 Å². The molecule has 0 aromatic heterocycles. The van der Waals surface area contributed by atoms with Crippen molar-refractivity contribution in [2.24, 2.45) is 0 Å². The van der Waals surface area contributed by atoms with Gasteiger partial charge in [0.1, 0.15) is 6.61 Å². The van der Waals surface area contributed by atoms with Crippen LogP contribution in [0.4, 0.5) is 0 Å². The number of hydrogen-bond donors (Lipinski definition) is 1. The van der Waals surface area contributed by atoms with E-state index in [1.54, 1.807) is 18.2 Å². The van der Waals surface area contributed by atoms with Crippen molar-refractivity contribution in [1.29, 1.82) is 0 Å². The van der Waals surface area contributed by atoms with Gasteiger partial charge in [0, 0.05) is 5.57 Å². The van der Waals surface area contributed by atoms with E-state index in [2.05, 4.69) is 25.4 Å². The van der Waals surface area contributed by atoms with Gasteiger partial charge in [0.05, 0.1) is 6.61 Å². The Kier molecular flexibility index (Phi) is 6.41. The number of carbonyl (C=O) groups excluding carboxylic acids is 1. The van der Waals surface area contributed by atoms with Crippen LogP contribution in [-0.4, -0.2) is 24.1 Å². The van der Waals surface area contributed by atoms with Crippen LogP contribution in [-0.2, 0) is 23.3 Å². The number of ether oxygens (including phenoxy) is 1. The molecule has 1 N–H and O–H groups in total. The predicted octanol–water partition coefficient (Wildman–Crippen LogP) is 2.23. The van der Waals surface area contributed by atoms with Gasteiger partial charge in [-0.05, 0) is 19.1 Å². The van der Waals surface area contributed by atoms with E-state index >= 15 is 0 Å². The Labute approximate surface area is 116 Å². The number of phosphoric ester groups is 1. The SMILES string of the molecule is C=C(C)C(=O)OCCOP(=O)(O)OOc1ccccc1. The van der Waals surface area contributed by atoms with Crippen molar-refractivity contribution in [2.75, 3.05) is 13.2 Å². The average molecular weight is 302 g/mol. The van der Waals surface area contributed by atoms with E-state index < -0.39 is 13.8 Å². The maximum Gasteiger partial charge on any atom is 0.508 e. The van der Waals surface area contributed by atoms with E-state index in [-0.39, 0.29) is 24.5 Å². The monoisotopic (exact) mass is 302 g/mol. The first-order valence-corrected chi connectivity index (χ1v) is 7.11. The van der Waals surface area contributed by atoms with E-state index in [0.29, 0.717) is 0 Å². The molecule has 8 heteroatoms. The fraction of sp³-hybridized carbons (Fsp3) is 0.250. The van der Waals surface area contributed by atoms with Crippen LogP contribution >= 0.6 is 7.82 Å². The number of esters is 1. The Bertz CT molecular complexity index is 500. The summed E-state index contributed by atoms with van der Waals surface area (Å²) in [6, 6.07) is 8.15. The summed E-state index contributed by atoms with van der Waals surface area (Å²) < 4.78 is 24.9. The highest BCUT2D eigenvalue weighted by Gasteiger charge is 2.23. The van der Waals surface area contributed by atoms with Gasteiger partial charge in [0.2, 0.25) is 0 Å². The van der Waals surface area contributed by atoms with Gasteiger partial charge in [-0.15, -0.1) is 0 Å². The summed E-state index contributed by atoms with van der Waals surface area (Å²) in [5.74, 6) is -0.359. The standard InChI is InChI=1S/C12H15O7P/c1-10(2)12(13)16-8-9-17-20(14,15)19-18-11-6-4-3-5-7-11/h3-7H,1,8-9H2,2H3,(H,14,15). The lowest BCUT2D eigenvalue weighted by molar-refractivity contribution is -0.142. The molecule has 1 rings (SSSR count). The Morgan fingerprint density at radius 3 is 2.55 bits per heavy atom. The van der Waals surface area contributed by atoms with Gasteiger partial charge in [0.15, 0.2) is 5.75 Å². The van der Waals surface area contributed by atoms with E-state index in [1.807, 2.05) is 0 Å². The lowest BCUT2D eigenvalue weighted by Gasteiger charge is -2.11. The molecule has 0 radical (unpaired) electrons. The van der Waals surface area contributed by atoms with E-state index in [1.165, 1.54) is 19.1 Å². The van der Waals surface area contributed by atoms with Crippen molar-refractivity contribution in [3.05, 3.63) is 42.5 Å². The molecule has 0 aliphatic heterocycles. The van der Waals surface area contributed by atoms with Crippen molar-refractivity contribution in [1.82, 2.24) is 0 Å². The fourth-order valence-electron chi connectivity index (χ4n) is 0.998. The van der Waals surface area contributed by atoms with Crippen LogP contribution in [0, 0.1) is 0 Å². The van der Waals surface area contributed by atoms with E-state index in [9.17, 15) is 14.3 Å². The second kappa shape index (κ2) is 7.81. The third-order valence-corrected chi connectivity index (χ3v) is 2.66. The molecule has 20 heavy (non-hydrogen) atoms. The van der Waals surface area contributed by atoms with Crippen LogP contribution in [0.25, 0.3) is 0 Å². The normalized spacial score (nSPS) is 13.3. The zero-order valence-corrected chi connectivity index (χ0v) is 11.7. The molecule has 1 aromatic rings. The molecule has 0 spiro atoms. The summed E-state index contributed by atoms with van der Waals surface area (Å²) in [5.41, 5.74) is 0.223. The molecular weight excluding hydrogens is 287 g/mol.